The highest BCUT2D eigenvalue weighted by Gasteiger charge is 2.26. The highest BCUT2D eigenvalue weighted by Crippen LogP contribution is 2.13. The maximum absolute atomic E-state index is 12.1. The van der Waals surface area contributed by atoms with E-state index in [2.05, 4.69) is 10.5 Å². The summed E-state index contributed by atoms with van der Waals surface area (Å²) in [7, 11) is -1.46. The lowest BCUT2D eigenvalue weighted by atomic mass is 10.1. The molecule has 1 aromatic heterocycles. The molecule has 1 N–H and O–H groups in total. The van der Waals surface area contributed by atoms with Gasteiger partial charge in [-0.2, -0.15) is 0 Å². The van der Waals surface area contributed by atoms with Crippen LogP contribution in [0.4, 0.5) is 4.79 Å². The number of carbonyl (C=O) groups is 1. The lowest BCUT2D eigenvalue weighted by Gasteiger charge is -2.31. The van der Waals surface area contributed by atoms with Crippen molar-refractivity contribution in [3.63, 3.8) is 0 Å². The summed E-state index contributed by atoms with van der Waals surface area (Å²) < 4.78 is 29.3. The van der Waals surface area contributed by atoms with E-state index in [0.717, 1.165) is 0 Å². The molecule has 22 heavy (non-hydrogen) atoms. The molecule has 0 unspecified atom stereocenters. The molecule has 0 radical (unpaired) electrons. The van der Waals surface area contributed by atoms with Crippen molar-refractivity contribution < 1.29 is 17.7 Å². The Morgan fingerprint density at radius 3 is 2.64 bits per heavy atom. The molecule has 1 saturated heterocycles. The van der Waals surface area contributed by atoms with Crippen molar-refractivity contribution in [1.29, 1.82) is 0 Å². The Balaban J connectivity index is 1.80. The molecule has 9 heteroatoms. The Bertz CT molecular complexity index is 620. The van der Waals surface area contributed by atoms with E-state index < -0.39 is 10.0 Å². The summed E-state index contributed by atoms with van der Waals surface area (Å²) in [6.45, 7) is 3.05. The van der Waals surface area contributed by atoms with Gasteiger partial charge in [-0.25, -0.2) is 17.5 Å². The first kappa shape index (κ1) is 16.8. The molecule has 1 aromatic rings. The molecular formula is C13H22N4O4S. The van der Waals surface area contributed by atoms with Crippen LogP contribution in [-0.2, 0) is 16.6 Å². The van der Waals surface area contributed by atoms with E-state index in [9.17, 15) is 13.2 Å². The second-order valence-corrected chi connectivity index (χ2v) is 7.65. The molecule has 0 aliphatic carbocycles. The van der Waals surface area contributed by atoms with E-state index in [1.807, 2.05) is 0 Å². The van der Waals surface area contributed by atoms with Gasteiger partial charge in [0.2, 0.25) is 10.0 Å². The number of amides is 2. The lowest BCUT2D eigenvalue weighted by molar-refractivity contribution is 0.194. The molecule has 0 saturated carbocycles. The van der Waals surface area contributed by atoms with Crippen LogP contribution < -0.4 is 5.32 Å². The number of nitrogens with zero attached hydrogens (tertiary/aromatic N) is 3. The van der Waals surface area contributed by atoms with Gasteiger partial charge in [-0.15, -0.1) is 0 Å². The second kappa shape index (κ2) is 6.66. The molecule has 2 rings (SSSR count). The van der Waals surface area contributed by atoms with E-state index >= 15 is 0 Å². The van der Waals surface area contributed by atoms with Gasteiger partial charge < -0.3 is 14.7 Å². The van der Waals surface area contributed by atoms with Crippen LogP contribution in [0.5, 0.6) is 0 Å². The largest absolute Gasteiger partial charge is 0.361 e. The van der Waals surface area contributed by atoms with E-state index in [4.69, 9.17) is 4.52 Å². The fourth-order valence-electron chi connectivity index (χ4n) is 2.42. The number of hydrogen-bond donors (Lipinski definition) is 1. The molecule has 2 amide bonds. The van der Waals surface area contributed by atoms with Crippen LogP contribution in [0.15, 0.2) is 10.6 Å². The SMILES string of the molecule is Cc1cc(CN(C)C(=O)NC2CCN(S(C)(=O)=O)CC2)no1. The van der Waals surface area contributed by atoms with Gasteiger partial charge in [0.25, 0.3) is 0 Å². The standard InChI is InChI=1S/C13H22N4O4S/c1-10-8-12(15-21-10)9-16(2)13(18)14-11-4-6-17(7-5-11)22(3,19)20/h8,11H,4-7,9H2,1-3H3,(H,14,18). The van der Waals surface area contributed by atoms with Crippen molar-refractivity contribution in [1.82, 2.24) is 19.7 Å². The van der Waals surface area contributed by atoms with Crippen LogP contribution in [-0.4, -0.2) is 61.2 Å². The summed E-state index contributed by atoms with van der Waals surface area (Å²) in [5.41, 5.74) is 0.696. The number of rotatable bonds is 4. The summed E-state index contributed by atoms with van der Waals surface area (Å²) in [5, 5.41) is 6.78. The molecule has 8 nitrogen and oxygen atoms in total. The monoisotopic (exact) mass is 330 g/mol. The molecule has 2 heterocycles. The highest BCUT2D eigenvalue weighted by atomic mass is 32.2. The Kier molecular flexibility index (Phi) is 5.07. The van der Waals surface area contributed by atoms with Crippen LogP contribution in [0, 0.1) is 6.92 Å². The molecule has 0 bridgehead atoms. The first-order valence-electron chi connectivity index (χ1n) is 7.14. The number of carbonyl (C=O) groups excluding carboxylic acids is 1. The minimum absolute atomic E-state index is 0.00741. The van der Waals surface area contributed by atoms with Crippen molar-refractivity contribution in [3.8, 4) is 0 Å². The molecule has 0 atom stereocenters. The molecule has 1 aliphatic heterocycles. The third kappa shape index (κ3) is 4.44. The minimum atomic E-state index is -3.14. The summed E-state index contributed by atoms with van der Waals surface area (Å²) in [6.07, 6.45) is 2.45. The number of hydrogen-bond acceptors (Lipinski definition) is 5. The van der Waals surface area contributed by atoms with E-state index in [0.29, 0.717) is 43.9 Å². The van der Waals surface area contributed by atoms with Crippen molar-refractivity contribution in [2.75, 3.05) is 26.4 Å². The molecule has 1 fully saturated rings. The van der Waals surface area contributed by atoms with Gasteiger partial charge >= 0.3 is 6.03 Å². The van der Waals surface area contributed by atoms with Gasteiger partial charge in [-0.1, -0.05) is 5.16 Å². The predicted octanol–water partition coefficient (Wildman–Crippen LogP) is 0.548. The molecule has 0 aromatic carbocycles. The normalized spacial score (nSPS) is 17.4. The molecule has 1 aliphatic rings. The molecule has 124 valence electrons. The zero-order valence-electron chi connectivity index (χ0n) is 13.1. The predicted molar refractivity (Wildman–Crippen MR) is 80.7 cm³/mol. The number of urea groups is 1. The topological polar surface area (TPSA) is 95.8 Å². The van der Waals surface area contributed by atoms with Crippen LogP contribution >= 0.6 is 0 Å². The van der Waals surface area contributed by atoms with Crippen LogP contribution in [0.3, 0.4) is 0 Å². The van der Waals surface area contributed by atoms with Gasteiger partial charge in [-0.05, 0) is 19.8 Å². The van der Waals surface area contributed by atoms with E-state index in [-0.39, 0.29) is 12.1 Å². The van der Waals surface area contributed by atoms with Crippen LogP contribution in [0.2, 0.25) is 0 Å². The average Bonchev–Trinajstić information content (AvgIpc) is 2.83. The van der Waals surface area contributed by atoms with Gasteiger partial charge in [0.1, 0.15) is 11.5 Å². The first-order chi connectivity index (χ1) is 10.3. The number of aryl methyl sites for hydroxylation is 1. The Labute approximate surface area is 130 Å². The summed E-state index contributed by atoms with van der Waals surface area (Å²) in [6, 6.07) is 1.58. The van der Waals surface area contributed by atoms with Crippen molar-refractivity contribution in [3.05, 3.63) is 17.5 Å². The van der Waals surface area contributed by atoms with Crippen molar-refractivity contribution in [2.45, 2.75) is 32.4 Å². The maximum Gasteiger partial charge on any atom is 0.317 e. The summed E-state index contributed by atoms with van der Waals surface area (Å²) in [5.74, 6) is 0.706. The molecule has 0 spiro atoms. The first-order valence-corrected chi connectivity index (χ1v) is 8.99. The molecular weight excluding hydrogens is 308 g/mol. The van der Waals surface area contributed by atoms with E-state index in [1.54, 1.807) is 20.0 Å². The second-order valence-electron chi connectivity index (χ2n) is 5.67. The van der Waals surface area contributed by atoms with Crippen molar-refractivity contribution >= 4 is 16.1 Å². The summed E-state index contributed by atoms with van der Waals surface area (Å²) >= 11 is 0. The summed E-state index contributed by atoms with van der Waals surface area (Å²) in [4.78, 5) is 13.7. The fourth-order valence-corrected chi connectivity index (χ4v) is 3.30. The smallest absolute Gasteiger partial charge is 0.317 e. The number of piperidine rings is 1. The zero-order valence-corrected chi connectivity index (χ0v) is 13.9. The van der Waals surface area contributed by atoms with Gasteiger partial charge in [0.05, 0.1) is 12.8 Å². The minimum Gasteiger partial charge on any atom is -0.361 e. The average molecular weight is 330 g/mol. The number of nitrogens with one attached hydrogen (secondary N) is 1. The van der Waals surface area contributed by atoms with Crippen LogP contribution in [0.1, 0.15) is 24.3 Å². The maximum atomic E-state index is 12.1. The van der Waals surface area contributed by atoms with Crippen LogP contribution in [0.25, 0.3) is 0 Å². The quantitative estimate of drug-likeness (QED) is 0.870. The van der Waals surface area contributed by atoms with Gasteiger partial charge in [-0.3, -0.25) is 0 Å². The Morgan fingerprint density at radius 2 is 2.14 bits per heavy atom. The third-order valence-corrected chi connectivity index (χ3v) is 4.98. The van der Waals surface area contributed by atoms with E-state index in [1.165, 1.54) is 15.5 Å². The Hall–Kier alpha value is -1.61. The van der Waals surface area contributed by atoms with Crippen molar-refractivity contribution in [2.24, 2.45) is 0 Å². The zero-order chi connectivity index (χ0) is 16.3. The number of aromatic nitrogens is 1. The fraction of sp³-hybridized carbons (Fsp3) is 0.692. The Morgan fingerprint density at radius 1 is 1.50 bits per heavy atom. The third-order valence-electron chi connectivity index (χ3n) is 3.67. The van der Waals surface area contributed by atoms with Gasteiger partial charge in [0, 0.05) is 32.2 Å². The lowest BCUT2D eigenvalue weighted by Crippen LogP contribution is -2.49. The highest BCUT2D eigenvalue weighted by molar-refractivity contribution is 7.88. The number of sulfonamides is 1. The van der Waals surface area contributed by atoms with Gasteiger partial charge in [0.15, 0.2) is 0 Å².